The number of nitrogens with one attached hydrogen (secondary N) is 1. The van der Waals surface area contributed by atoms with Crippen LogP contribution in [-0.4, -0.2) is 6.54 Å². The number of rotatable bonds is 5. The zero-order valence-electron chi connectivity index (χ0n) is 10.2. The first-order valence-electron chi connectivity index (χ1n) is 5.96. The molecule has 4 heteroatoms. The van der Waals surface area contributed by atoms with Crippen molar-refractivity contribution in [2.75, 3.05) is 6.54 Å². The SMILES string of the molecule is CCCNCc1ccc(-c2c(F)cccc2F)o1. The molecule has 1 aromatic heterocycles. The van der Waals surface area contributed by atoms with E-state index in [9.17, 15) is 8.78 Å². The van der Waals surface area contributed by atoms with E-state index in [1.54, 1.807) is 12.1 Å². The van der Waals surface area contributed by atoms with Gasteiger partial charge in [-0.25, -0.2) is 8.78 Å². The molecule has 0 saturated carbocycles. The van der Waals surface area contributed by atoms with Crippen LogP contribution in [0.15, 0.2) is 34.7 Å². The van der Waals surface area contributed by atoms with Gasteiger partial charge < -0.3 is 9.73 Å². The molecule has 18 heavy (non-hydrogen) atoms. The maximum atomic E-state index is 13.5. The van der Waals surface area contributed by atoms with E-state index in [1.165, 1.54) is 18.2 Å². The minimum absolute atomic E-state index is 0.112. The predicted molar refractivity (Wildman–Crippen MR) is 66.1 cm³/mol. The Kier molecular flexibility index (Phi) is 4.10. The molecular formula is C14H15F2NO. The van der Waals surface area contributed by atoms with Crippen molar-refractivity contribution in [1.29, 1.82) is 0 Å². The molecule has 0 radical (unpaired) electrons. The Morgan fingerprint density at radius 1 is 1.11 bits per heavy atom. The molecule has 1 heterocycles. The first kappa shape index (κ1) is 12.8. The first-order chi connectivity index (χ1) is 8.72. The number of furan rings is 1. The van der Waals surface area contributed by atoms with Gasteiger partial charge in [0.1, 0.15) is 23.2 Å². The van der Waals surface area contributed by atoms with E-state index >= 15 is 0 Å². The lowest BCUT2D eigenvalue weighted by atomic mass is 10.1. The van der Waals surface area contributed by atoms with Crippen LogP contribution in [0.2, 0.25) is 0 Å². The van der Waals surface area contributed by atoms with Crippen LogP contribution in [0.1, 0.15) is 19.1 Å². The Bertz CT molecular complexity index is 502. The van der Waals surface area contributed by atoms with Gasteiger partial charge in [0.25, 0.3) is 0 Å². The highest BCUT2D eigenvalue weighted by Crippen LogP contribution is 2.27. The van der Waals surface area contributed by atoms with Gasteiger partial charge in [-0.2, -0.15) is 0 Å². The largest absolute Gasteiger partial charge is 0.460 e. The Morgan fingerprint density at radius 3 is 2.50 bits per heavy atom. The number of hydrogen-bond acceptors (Lipinski definition) is 2. The third-order valence-electron chi connectivity index (χ3n) is 2.60. The molecule has 0 aliphatic carbocycles. The van der Waals surface area contributed by atoms with Gasteiger partial charge in [0.15, 0.2) is 0 Å². The van der Waals surface area contributed by atoms with E-state index in [0.717, 1.165) is 13.0 Å². The number of benzene rings is 1. The zero-order valence-corrected chi connectivity index (χ0v) is 10.2. The van der Waals surface area contributed by atoms with Crippen LogP contribution in [0.5, 0.6) is 0 Å². The van der Waals surface area contributed by atoms with Gasteiger partial charge in [-0.15, -0.1) is 0 Å². The molecule has 1 N–H and O–H groups in total. The van der Waals surface area contributed by atoms with E-state index in [4.69, 9.17) is 4.42 Å². The summed E-state index contributed by atoms with van der Waals surface area (Å²) in [4.78, 5) is 0. The summed E-state index contributed by atoms with van der Waals surface area (Å²) in [7, 11) is 0. The van der Waals surface area contributed by atoms with Crippen LogP contribution >= 0.6 is 0 Å². The molecule has 0 saturated heterocycles. The Hall–Kier alpha value is -1.68. The second-order valence-corrected chi connectivity index (χ2v) is 4.04. The van der Waals surface area contributed by atoms with Gasteiger partial charge in [0.05, 0.1) is 12.1 Å². The minimum atomic E-state index is -0.614. The minimum Gasteiger partial charge on any atom is -0.460 e. The van der Waals surface area contributed by atoms with Crippen molar-refractivity contribution in [2.24, 2.45) is 0 Å². The molecule has 0 fully saturated rings. The van der Waals surface area contributed by atoms with Crippen molar-refractivity contribution in [3.8, 4) is 11.3 Å². The maximum Gasteiger partial charge on any atom is 0.140 e. The second-order valence-electron chi connectivity index (χ2n) is 4.04. The van der Waals surface area contributed by atoms with Crippen molar-refractivity contribution in [3.05, 3.63) is 47.7 Å². The fourth-order valence-corrected chi connectivity index (χ4v) is 1.73. The Balaban J connectivity index is 2.19. The summed E-state index contributed by atoms with van der Waals surface area (Å²) >= 11 is 0. The van der Waals surface area contributed by atoms with Crippen LogP contribution in [0.3, 0.4) is 0 Å². The van der Waals surface area contributed by atoms with Gasteiger partial charge >= 0.3 is 0 Å². The highest BCUT2D eigenvalue weighted by Gasteiger charge is 2.14. The van der Waals surface area contributed by atoms with Crippen LogP contribution in [0.25, 0.3) is 11.3 Å². The van der Waals surface area contributed by atoms with Crippen LogP contribution in [0, 0.1) is 11.6 Å². The monoisotopic (exact) mass is 251 g/mol. The highest BCUT2D eigenvalue weighted by molar-refractivity contribution is 5.59. The fraction of sp³-hybridized carbons (Fsp3) is 0.286. The second kappa shape index (κ2) is 5.78. The Labute approximate surface area is 105 Å². The fourth-order valence-electron chi connectivity index (χ4n) is 1.73. The molecule has 2 rings (SSSR count). The highest BCUT2D eigenvalue weighted by atomic mass is 19.1. The van der Waals surface area contributed by atoms with Gasteiger partial charge in [-0.3, -0.25) is 0 Å². The lowest BCUT2D eigenvalue weighted by Gasteiger charge is -2.02. The summed E-state index contributed by atoms with van der Waals surface area (Å²) in [5.74, 6) is -0.338. The van der Waals surface area contributed by atoms with Crippen molar-refractivity contribution in [1.82, 2.24) is 5.32 Å². The van der Waals surface area contributed by atoms with Crippen molar-refractivity contribution >= 4 is 0 Å². The Morgan fingerprint density at radius 2 is 1.83 bits per heavy atom. The molecule has 96 valence electrons. The molecule has 2 aromatic rings. The molecule has 2 nitrogen and oxygen atoms in total. The number of hydrogen-bond donors (Lipinski definition) is 1. The van der Waals surface area contributed by atoms with E-state index in [-0.39, 0.29) is 11.3 Å². The predicted octanol–water partition coefficient (Wildman–Crippen LogP) is 3.72. The average Bonchev–Trinajstić information content (AvgIpc) is 2.78. The zero-order chi connectivity index (χ0) is 13.0. The van der Waals surface area contributed by atoms with Crippen LogP contribution in [0.4, 0.5) is 8.78 Å². The van der Waals surface area contributed by atoms with Crippen LogP contribution < -0.4 is 5.32 Å². The van der Waals surface area contributed by atoms with Crippen molar-refractivity contribution in [3.63, 3.8) is 0 Å². The summed E-state index contributed by atoms with van der Waals surface area (Å²) < 4.78 is 32.5. The summed E-state index contributed by atoms with van der Waals surface area (Å²) in [6.45, 7) is 3.50. The summed E-state index contributed by atoms with van der Waals surface area (Å²) in [6.07, 6.45) is 1.02. The summed E-state index contributed by atoms with van der Waals surface area (Å²) in [5.41, 5.74) is -0.112. The van der Waals surface area contributed by atoms with Crippen LogP contribution in [-0.2, 0) is 6.54 Å². The van der Waals surface area contributed by atoms with E-state index < -0.39 is 11.6 Å². The van der Waals surface area contributed by atoms with Crippen molar-refractivity contribution < 1.29 is 13.2 Å². The topological polar surface area (TPSA) is 25.2 Å². The van der Waals surface area contributed by atoms with E-state index in [2.05, 4.69) is 12.2 Å². The van der Waals surface area contributed by atoms with E-state index in [1.807, 2.05) is 0 Å². The van der Waals surface area contributed by atoms with Crippen molar-refractivity contribution in [2.45, 2.75) is 19.9 Å². The third-order valence-corrected chi connectivity index (χ3v) is 2.60. The maximum absolute atomic E-state index is 13.5. The molecular weight excluding hydrogens is 236 g/mol. The molecule has 0 amide bonds. The normalized spacial score (nSPS) is 10.8. The third kappa shape index (κ3) is 2.76. The van der Waals surface area contributed by atoms with Gasteiger partial charge in [0, 0.05) is 0 Å². The lowest BCUT2D eigenvalue weighted by Crippen LogP contribution is -2.12. The van der Waals surface area contributed by atoms with Gasteiger partial charge in [0.2, 0.25) is 0 Å². The first-order valence-corrected chi connectivity index (χ1v) is 5.96. The van der Waals surface area contributed by atoms with Gasteiger partial charge in [-0.1, -0.05) is 13.0 Å². The molecule has 0 atom stereocenters. The lowest BCUT2D eigenvalue weighted by molar-refractivity contribution is 0.485. The quantitative estimate of drug-likeness (QED) is 0.819. The molecule has 0 aliphatic heterocycles. The van der Waals surface area contributed by atoms with Gasteiger partial charge in [-0.05, 0) is 37.2 Å². The molecule has 0 aliphatic rings. The molecule has 0 bridgehead atoms. The standard InChI is InChI=1S/C14H15F2NO/c1-2-8-17-9-10-6-7-13(18-10)14-11(15)4-3-5-12(14)16/h3-7,17H,2,8-9H2,1H3. The summed E-state index contributed by atoms with van der Waals surface area (Å²) in [6, 6.07) is 7.08. The van der Waals surface area contributed by atoms with E-state index in [0.29, 0.717) is 12.3 Å². The molecule has 0 spiro atoms. The smallest absolute Gasteiger partial charge is 0.140 e. The molecule has 0 unspecified atom stereocenters. The molecule has 1 aromatic carbocycles. The number of halogens is 2. The summed E-state index contributed by atoms with van der Waals surface area (Å²) in [5, 5.41) is 3.16. The average molecular weight is 251 g/mol.